The van der Waals surface area contributed by atoms with E-state index >= 15 is 0 Å². The van der Waals surface area contributed by atoms with Crippen molar-refractivity contribution in [3.63, 3.8) is 0 Å². The van der Waals surface area contributed by atoms with Gasteiger partial charge in [0.1, 0.15) is 0 Å². The van der Waals surface area contributed by atoms with Crippen molar-refractivity contribution >= 4 is 0 Å². The molecular weight excluding hydrogens is 246 g/mol. The number of fused-ring (bicyclic) bond motifs is 1. The van der Waals surface area contributed by atoms with Crippen LogP contribution in [0.1, 0.15) is 56.1 Å². The fourth-order valence-corrected chi connectivity index (χ4v) is 4.08. The van der Waals surface area contributed by atoms with Crippen LogP contribution in [0, 0.1) is 11.8 Å². The Morgan fingerprint density at radius 3 is 2.35 bits per heavy atom. The van der Waals surface area contributed by atoms with Crippen LogP contribution in [0.25, 0.3) is 0 Å². The molecule has 2 heteroatoms. The molecule has 2 aliphatic rings. The second kappa shape index (κ2) is 6.73. The van der Waals surface area contributed by atoms with Crippen molar-refractivity contribution < 1.29 is 5.11 Å². The monoisotopic (exact) mass is 273 g/mol. The van der Waals surface area contributed by atoms with Gasteiger partial charge in [0, 0.05) is 12.6 Å². The van der Waals surface area contributed by atoms with Crippen molar-refractivity contribution in [1.29, 1.82) is 0 Å². The van der Waals surface area contributed by atoms with Gasteiger partial charge in [-0.2, -0.15) is 0 Å². The second-order valence-electron chi connectivity index (χ2n) is 6.67. The van der Waals surface area contributed by atoms with E-state index < -0.39 is 0 Å². The summed E-state index contributed by atoms with van der Waals surface area (Å²) in [4.78, 5) is 0. The third-order valence-electron chi connectivity index (χ3n) is 5.34. The van der Waals surface area contributed by atoms with Gasteiger partial charge in [-0.1, -0.05) is 49.9 Å². The van der Waals surface area contributed by atoms with Crippen molar-refractivity contribution in [2.45, 2.75) is 64.1 Å². The zero-order chi connectivity index (χ0) is 13.8. The Bertz CT molecular complexity index is 414. The van der Waals surface area contributed by atoms with Gasteiger partial charge in [0.15, 0.2) is 0 Å². The van der Waals surface area contributed by atoms with Gasteiger partial charge in [0.25, 0.3) is 0 Å². The Balaban J connectivity index is 1.48. The van der Waals surface area contributed by atoms with Crippen LogP contribution >= 0.6 is 0 Å². The maximum absolute atomic E-state index is 9.06. The fourth-order valence-electron chi connectivity index (χ4n) is 4.08. The summed E-state index contributed by atoms with van der Waals surface area (Å²) in [6.07, 6.45) is 10.1. The van der Waals surface area contributed by atoms with Crippen LogP contribution in [0.15, 0.2) is 24.3 Å². The highest BCUT2D eigenvalue weighted by molar-refractivity contribution is 5.21. The quantitative estimate of drug-likeness (QED) is 0.878. The Morgan fingerprint density at radius 1 is 0.900 bits per heavy atom. The van der Waals surface area contributed by atoms with Gasteiger partial charge in [0.2, 0.25) is 0 Å². The Labute approximate surface area is 122 Å². The van der Waals surface area contributed by atoms with E-state index in [9.17, 15) is 0 Å². The number of benzene rings is 1. The van der Waals surface area contributed by atoms with Crippen LogP contribution in [-0.4, -0.2) is 11.1 Å². The average molecular weight is 273 g/mol. The van der Waals surface area contributed by atoms with Gasteiger partial charge in [-0.3, -0.25) is 0 Å². The number of hydrogen-bond donors (Lipinski definition) is 2. The van der Waals surface area contributed by atoms with Gasteiger partial charge in [-0.15, -0.1) is 0 Å². The molecule has 0 spiro atoms. The molecule has 0 radical (unpaired) electrons. The van der Waals surface area contributed by atoms with Crippen LogP contribution in [-0.2, 0) is 13.2 Å². The molecule has 0 aliphatic heterocycles. The first kappa shape index (κ1) is 14.1. The largest absolute Gasteiger partial charge is 0.392 e. The summed E-state index contributed by atoms with van der Waals surface area (Å²) in [6, 6.07) is 9.02. The minimum Gasteiger partial charge on any atom is -0.392 e. The predicted molar refractivity (Wildman–Crippen MR) is 82.3 cm³/mol. The van der Waals surface area contributed by atoms with Gasteiger partial charge in [0.05, 0.1) is 6.61 Å². The van der Waals surface area contributed by atoms with Crippen LogP contribution in [0.2, 0.25) is 0 Å². The van der Waals surface area contributed by atoms with E-state index in [2.05, 4.69) is 17.4 Å². The maximum Gasteiger partial charge on any atom is 0.0681 e. The third kappa shape index (κ3) is 3.42. The molecule has 2 nitrogen and oxygen atoms in total. The second-order valence-corrected chi connectivity index (χ2v) is 6.67. The van der Waals surface area contributed by atoms with Gasteiger partial charge >= 0.3 is 0 Å². The maximum atomic E-state index is 9.06. The molecule has 2 aliphatic carbocycles. The molecule has 110 valence electrons. The molecule has 2 N–H and O–H groups in total. The van der Waals surface area contributed by atoms with E-state index in [-0.39, 0.29) is 6.61 Å². The molecule has 0 bridgehead atoms. The molecule has 0 heterocycles. The first-order chi connectivity index (χ1) is 9.85. The smallest absolute Gasteiger partial charge is 0.0681 e. The topological polar surface area (TPSA) is 32.3 Å². The molecule has 0 saturated heterocycles. The first-order valence-electron chi connectivity index (χ1n) is 8.27. The Kier molecular flexibility index (Phi) is 4.74. The Morgan fingerprint density at radius 2 is 1.60 bits per heavy atom. The molecule has 3 atom stereocenters. The van der Waals surface area contributed by atoms with Crippen LogP contribution < -0.4 is 5.32 Å². The minimum atomic E-state index is 0.138. The summed E-state index contributed by atoms with van der Waals surface area (Å²) >= 11 is 0. The highest BCUT2D eigenvalue weighted by atomic mass is 16.3. The van der Waals surface area contributed by atoms with Gasteiger partial charge < -0.3 is 10.4 Å². The lowest BCUT2D eigenvalue weighted by Gasteiger charge is -2.39. The molecule has 2 saturated carbocycles. The fraction of sp³-hybridized carbons (Fsp3) is 0.667. The Hall–Kier alpha value is -0.860. The van der Waals surface area contributed by atoms with Crippen LogP contribution in [0.4, 0.5) is 0 Å². The summed E-state index contributed by atoms with van der Waals surface area (Å²) in [6.45, 7) is 1.10. The summed E-state index contributed by atoms with van der Waals surface area (Å²) in [5.74, 6) is 2.03. The van der Waals surface area contributed by atoms with Crippen LogP contribution in [0.3, 0.4) is 0 Å². The van der Waals surface area contributed by atoms with E-state index in [1.807, 2.05) is 12.1 Å². The molecular formula is C18H27NO. The number of rotatable bonds is 4. The summed E-state index contributed by atoms with van der Waals surface area (Å²) in [5.41, 5.74) is 2.32. The van der Waals surface area contributed by atoms with Crippen molar-refractivity contribution in [3.05, 3.63) is 35.4 Å². The SMILES string of the molecule is OCc1ccc(CNC2CCC3CCCCC3C2)cc1. The van der Waals surface area contributed by atoms with Gasteiger partial charge in [-0.25, -0.2) is 0 Å². The average Bonchev–Trinajstić information content (AvgIpc) is 2.53. The summed E-state index contributed by atoms with van der Waals surface area (Å²) < 4.78 is 0. The number of aliphatic hydroxyl groups is 1. The molecule has 0 amide bonds. The summed E-state index contributed by atoms with van der Waals surface area (Å²) in [7, 11) is 0. The van der Waals surface area contributed by atoms with Gasteiger partial charge in [-0.05, 0) is 42.2 Å². The lowest BCUT2D eigenvalue weighted by Crippen LogP contribution is -2.38. The molecule has 2 fully saturated rings. The summed E-state index contributed by atoms with van der Waals surface area (Å²) in [5, 5.41) is 12.8. The zero-order valence-electron chi connectivity index (χ0n) is 12.4. The molecule has 3 unspecified atom stereocenters. The number of aliphatic hydroxyl groups excluding tert-OH is 1. The minimum absolute atomic E-state index is 0.138. The standard InChI is InChI=1S/C18H27NO/c20-13-15-7-5-14(6-8-15)12-19-18-10-9-16-3-1-2-4-17(16)11-18/h5-8,16-20H,1-4,9-13H2. The van der Waals surface area contributed by atoms with Crippen molar-refractivity contribution in [1.82, 2.24) is 5.32 Å². The molecule has 1 aromatic rings. The number of nitrogens with one attached hydrogen (secondary N) is 1. The van der Waals surface area contributed by atoms with E-state index in [0.717, 1.165) is 23.9 Å². The van der Waals surface area contributed by atoms with Crippen LogP contribution in [0.5, 0.6) is 0 Å². The van der Waals surface area contributed by atoms with E-state index in [1.54, 1.807) is 0 Å². The normalized spacial score (nSPS) is 29.9. The third-order valence-corrected chi connectivity index (χ3v) is 5.34. The first-order valence-corrected chi connectivity index (χ1v) is 8.27. The highest BCUT2D eigenvalue weighted by Gasteiger charge is 2.31. The van der Waals surface area contributed by atoms with E-state index in [4.69, 9.17) is 5.11 Å². The predicted octanol–water partition coefficient (Wildman–Crippen LogP) is 3.63. The molecule has 0 aromatic heterocycles. The number of hydrogen-bond acceptors (Lipinski definition) is 2. The molecule has 3 rings (SSSR count). The van der Waals surface area contributed by atoms with E-state index in [0.29, 0.717) is 6.04 Å². The molecule has 1 aromatic carbocycles. The van der Waals surface area contributed by atoms with Crippen molar-refractivity contribution in [2.24, 2.45) is 11.8 Å². The lowest BCUT2D eigenvalue weighted by atomic mass is 9.69. The molecule has 20 heavy (non-hydrogen) atoms. The lowest BCUT2D eigenvalue weighted by molar-refractivity contribution is 0.143. The highest BCUT2D eigenvalue weighted by Crippen LogP contribution is 2.40. The van der Waals surface area contributed by atoms with Crippen molar-refractivity contribution in [2.75, 3.05) is 0 Å². The zero-order valence-corrected chi connectivity index (χ0v) is 12.4. The van der Waals surface area contributed by atoms with E-state index in [1.165, 1.54) is 50.5 Å². The van der Waals surface area contributed by atoms with Crippen molar-refractivity contribution in [3.8, 4) is 0 Å².